The lowest BCUT2D eigenvalue weighted by Gasteiger charge is -2.23. The lowest BCUT2D eigenvalue weighted by atomic mass is 10.4. The maximum absolute atomic E-state index is 11.8. The molecule has 0 spiro atoms. The molecule has 0 aromatic rings. The number of rotatable bonds is 7. The predicted octanol–water partition coefficient (Wildman–Crippen LogP) is -2.60. The highest BCUT2D eigenvalue weighted by molar-refractivity contribution is 5.89. The Labute approximate surface area is 116 Å². The Bertz CT molecular complexity index is 398. The Morgan fingerprint density at radius 2 is 1.15 bits per heavy atom. The number of nitrogens with zero attached hydrogens (tertiary/aromatic N) is 3. The summed E-state index contributed by atoms with van der Waals surface area (Å²) >= 11 is 0. The van der Waals surface area contributed by atoms with E-state index in [1.54, 1.807) is 0 Å². The molecule has 3 amide bonds. The summed E-state index contributed by atoms with van der Waals surface area (Å²) in [6.45, 7) is -1.09. The number of amides is 3. The minimum atomic E-state index is -1.14. The van der Waals surface area contributed by atoms with Crippen molar-refractivity contribution in [3.8, 4) is 0 Å². The number of carboxylic acids is 1. The van der Waals surface area contributed by atoms with Crippen LogP contribution in [0.1, 0.15) is 0 Å². The molecule has 0 aliphatic rings. The van der Waals surface area contributed by atoms with Gasteiger partial charge in [0.1, 0.15) is 6.54 Å². The summed E-state index contributed by atoms with van der Waals surface area (Å²) in [5, 5.41) is 8.55. The smallest absolute Gasteiger partial charge is 0.323 e. The van der Waals surface area contributed by atoms with Gasteiger partial charge >= 0.3 is 5.97 Å². The first-order valence-corrected chi connectivity index (χ1v) is 5.82. The summed E-state index contributed by atoms with van der Waals surface area (Å²) in [6, 6.07) is 0. The minimum absolute atomic E-state index is 0.192. The summed E-state index contributed by atoms with van der Waals surface area (Å²) in [4.78, 5) is 48.3. The molecule has 0 atom stereocenters. The van der Waals surface area contributed by atoms with E-state index in [9.17, 15) is 19.2 Å². The zero-order valence-electron chi connectivity index (χ0n) is 11.8. The molecule has 20 heavy (non-hydrogen) atoms. The van der Waals surface area contributed by atoms with Crippen molar-refractivity contribution >= 4 is 23.7 Å². The van der Waals surface area contributed by atoms with E-state index >= 15 is 0 Å². The minimum Gasteiger partial charge on any atom is -0.480 e. The van der Waals surface area contributed by atoms with Crippen LogP contribution in [-0.4, -0.2) is 90.8 Å². The summed E-state index contributed by atoms with van der Waals surface area (Å²) in [7, 11) is 4.16. The molecule has 0 bridgehead atoms. The molecular weight excluding hydrogens is 268 g/mol. The van der Waals surface area contributed by atoms with Crippen LogP contribution in [0.5, 0.6) is 0 Å². The number of hydrogen-bond acceptors (Lipinski definition) is 5. The van der Waals surface area contributed by atoms with Gasteiger partial charge in [-0.3, -0.25) is 19.2 Å². The Balaban J connectivity index is 4.35. The van der Waals surface area contributed by atoms with Gasteiger partial charge in [0.25, 0.3) is 0 Å². The van der Waals surface area contributed by atoms with E-state index < -0.39 is 24.3 Å². The second kappa shape index (κ2) is 8.10. The molecule has 0 aliphatic carbocycles. The first kappa shape index (κ1) is 17.8. The van der Waals surface area contributed by atoms with Crippen LogP contribution in [0, 0.1) is 0 Å². The zero-order chi connectivity index (χ0) is 15.9. The van der Waals surface area contributed by atoms with E-state index in [0.29, 0.717) is 0 Å². The molecule has 3 N–H and O–H groups in total. The lowest BCUT2D eigenvalue weighted by molar-refractivity contribution is -0.145. The SMILES string of the molecule is CN(CC(=O)O)C(=O)CN(C)C(=O)CN(C)C(=O)CN. The van der Waals surface area contributed by atoms with E-state index in [1.807, 2.05) is 0 Å². The summed E-state index contributed by atoms with van der Waals surface area (Å²) in [6.07, 6.45) is 0. The molecule has 0 aromatic carbocycles. The fraction of sp³-hybridized carbons (Fsp3) is 0.636. The van der Waals surface area contributed by atoms with Crippen LogP contribution < -0.4 is 5.73 Å². The largest absolute Gasteiger partial charge is 0.480 e. The van der Waals surface area contributed by atoms with Gasteiger partial charge in [0.15, 0.2) is 0 Å². The molecule has 0 aliphatic heterocycles. The Hall–Kier alpha value is -2.16. The van der Waals surface area contributed by atoms with Crippen LogP contribution in [0.15, 0.2) is 0 Å². The Kier molecular flexibility index (Phi) is 7.22. The van der Waals surface area contributed by atoms with Gasteiger partial charge in [0.2, 0.25) is 17.7 Å². The van der Waals surface area contributed by atoms with Gasteiger partial charge in [0.05, 0.1) is 19.6 Å². The van der Waals surface area contributed by atoms with Gasteiger partial charge < -0.3 is 25.5 Å². The fourth-order valence-electron chi connectivity index (χ4n) is 1.27. The summed E-state index contributed by atoms with van der Waals surface area (Å²) in [5.74, 6) is -2.47. The van der Waals surface area contributed by atoms with Crippen LogP contribution >= 0.6 is 0 Å². The number of carboxylic acid groups (broad SMARTS) is 1. The molecule has 0 fully saturated rings. The third kappa shape index (κ3) is 6.14. The highest BCUT2D eigenvalue weighted by atomic mass is 16.4. The summed E-state index contributed by atoms with van der Waals surface area (Å²) in [5.41, 5.74) is 5.16. The van der Waals surface area contributed by atoms with Crippen LogP contribution in [0.25, 0.3) is 0 Å². The van der Waals surface area contributed by atoms with Crippen LogP contribution in [0.3, 0.4) is 0 Å². The van der Waals surface area contributed by atoms with Gasteiger partial charge in [-0.05, 0) is 0 Å². The molecule has 114 valence electrons. The average Bonchev–Trinajstić information content (AvgIpc) is 2.36. The van der Waals surface area contributed by atoms with E-state index in [1.165, 1.54) is 21.1 Å². The van der Waals surface area contributed by atoms with E-state index in [-0.39, 0.29) is 25.5 Å². The van der Waals surface area contributed by atoms with Crippen molar-refractivity contribution in [2.45, 2.75) is 0 Å². The first-order chi connectivity index (χ1) is 9.18. The van der Waals surface area contributed by atoms with Crippen molar-refractivity contribution in [3.63, 3.8) is 0 Å². The maximum Gasteiger partial charge on any atom is 0.323 e. The van der Waals surface area contributed by atoms with Crippen molar-refractivity contribution in [1.29, 1.82) is 0 Å². The Morgan fingerprint density at radius 3 is 1.50 bits per heavy atom. The summed E-state index contributed by atoms with van der Waals surface area (Å²) < 4.78 is 0. The van der Waals surface area contributed by atoms with Crippen molar-refractivity contribution in [2.24, 2.45) is 5.73 Å². The van der Waals surface area contributed by atoms with Gasteiger partial charge in [0, 0.05) is 21.1 Å². The Morgan fingerprint density at radius 1 is 0.800 bits per heavy atom. The standard InChI is InChI=1S/C11H20N4O5/c1-13(8(16)4-12)5-9(17)14(2)6-10(18)15(3)7-11(19)20/h4-7,12H2,1-3H3,(H,19,20). The maximum atomic E-state index is 11.8. The quantitative estimate of drug-likeness (QED) is 0.529. The fourth-order valence-corrected chi connectivity index (χ4v) is 1.27. The second-order valence-electron chi connectivity index (χ2n) is 4.35. The van der Waals surface area contributed by atoms with Gasteiger partial charge in [-0.15, -0.1) is 0 Å². The monoisotopic (exact) mass is 288 g/mol. The molecule has 0 rings (SSSR count). The van der Waals surface area contributed by atoms with Crippen molar-refractivity contribution in [1.82, 2.24) is 14.7 Å². The lowest BCUT2D eigenvalue weighted by Crippen LogP contribution is -2.45. The number of carbonyl (C=O) groups is 4. The number of hydrogen-bond donors (Lipinski definition) is 2. The van der Waals surface area contributed by atoms with Gasteiger partial charge in [-0.25, -0.2) is 0 Å². The van der Waals surface area contributed by atoms with Crippen molar-refractivity contribution in [2.75, 3.05) is 47.3 Å². The third-order valence-corrected chi connectivity index (χ3v) is 2.57. The molecule has 0 saturated carbocycles. The van der Waals surface area contributed by atoms with Crippen molar-refractivity contribution in [3.05, 3.63) is 0 Å². The van der Waals surface area contributed by atoms with Crippen LogP contribution in [0.2, 0.25) is 0 Å². The van der Waals surface area contributed by atoms with Crippen LogP contribution in [-0.2, 0) is 19.2 Å². The normalized spacial score (nSPS) is 9.80. The molecular formula is C11H20N4O5. The topological polar surface area (TPSA) is 124 Å². The van der Waals surface area contributed by atoms with E-state index in [0.717, 1.165) is 14.7 Å². The molecule has 0 radical (unpaired) electrons. The molecule has 0 unspecified atom stereocenters. The molecule has 9 heteroatoms. The number of nitrogens with two attached hydrogens (primary N) is 1. The van der Waals surface area contributed by atoms with E-state index in [4.69, 9.17) is 10.8 Å². The number of aliphatic carboxylic acids is 1. The highest BCUT2D eigenvalue weighted by Crippen LogP contribution is 1.93. The molecule has 9 nitrogen and oxygen atoms in total. The average molecular weight is 288 g/mol. The predicted molar refractivity (Wildman–Crippen MR) is 69.6 cm³/mol. The second-order valence-corrected chi connectivity index (χ2v) is 4.35. The molecule has 0 saturated heterocycles. The number of carbonyl (C=O) groups excluding carboxylic acids is 3. The zero-order valence-corrected chi connectivity index (χ0v) is 11.8. The van der Waals surface area contributed by atoms with Gasteiger partial charge in [-0.2, -0.15) is 0 Å². The van der Waals surface area contributed by atoms with E-state index in [2.05, 4.69) is 0 Å². The van der Waals surface area contributed by atoms with Crippen LogP contribution in [0.4, 0.5) is 0 Å². The highest BCUT2D eigenvalue weighted by Gasteiger charge is 2.19. The number of likely N-dealkylation sites (N-methyl/N-ethyl adjacent to an activating group) is 3. The third-order valence-electron chi connectivity index (χ3n) is 2.57. The van der Waals surface area contributed by atoms with Crippen molar-refractivity contribution < 1.29 is 24.3 Å². The molecule has 0 aromatic heterocycles. The van der Waals surface area contributed by atoms with Gasteiger partial charge in [-0.1, -0.05) is 0 Å². The molecule has 0 heterocycles. The first-order valence-electron chi connectivity index (χ1n) is 5.82.